The molecule has 0 unspecified atom stereocenters. The third-order valence-corrected chi connectivity index (χ3v) is 1.97. The number of carbonyl (C=O) groups excluding carboxylic acids is 1. The summed E-state index contributed by atoms with van der Waals surface area (Å²) in [6.07, 6.45) is 5.52. The zero-order valence-corrected chi connectivity index (χ0v) is 7.66. The topological polar surface area (TPSA) is 65.6 Å². The van der Waals surface area contributed by atoms with Crippen LogP contribution < -0.4 is 0 Å². The Kier molecular flexibility index (Phi) is 2.10. The Bertz CT molecular complexity index is 444. The molecule has 0 aliphatic rings. The number of rotatable bonds is 3. The molecular weight excluding hydrogens is 182 g/mol. The van der Waals surface area contributed by atoms with Crippen LogP contribution in [0.1, 0.15) is 16.4 Å². The Morgan fingerprint density at radius 2 is 2.36 bits per heavy atom. The number of aryl methyl sites for hydroxylation is 1. The molecule has 0 amide bonds. The molecule has 2 aromatic heterocycles. The molecule has 6 nitrogen and oxygen atoms in total. The van der Waals surface area contributed by atoms with E-state index in [1.807, 2.05) is 0 Å². The molecule has 0 saturated carbocycles. The minimum atomic E-state index is 0.396. The lowest BCUT2D eigenvalue weighted by Gasteiger charge is -2.02. The number of aromatic nitrogens is 5. The average molecular weight is 191 g/mol. The normalized spacial score (nSPS) is 10.4. The van der Waals surface area contributed by atoms with Gasteiger partial charge in [0.25, 0.3) is 0 Å². The van der Waals surface area contributed by atoms with Crippen molar-refractivity contribution in [3.05, 3.63) is 30.4 Å². The van der Waals surface area contributed by atoms with E-state index in [2.05, 4.69) is 15.1 Å². The van der Waals surface area contributed by atoms with Crippen molar-refractivity contribution in [2.45, 2.75) is 6.54 Å². The highest BCUT2D eigenvalue weighted by Crippen LogP contribution is 1.99. The molecule has 2 rings (SSSR count). The van der Waals surface area contributed by atoms with Gasteiger partial charge in [-0.05, 0) is 0 Å². The summed E-state index contributed by atoms with van der Waals surface area (Å²) in [6, 6.07) is 0. The van der Waals surface area contributed by atoms with Crippen LogP contribution in [0.3, 0.4) is 0 Å². The number of imidazole rings is 1. The molecular formula is C8H9N5O. The zero-order chi connectivity index (χ0) is 9.97. The van der Waals surface area contributed by atoms with Crippen LogP contribution in [0.5, 0.6) is 0 Å². The van der Waals surface area contributed by atoms with Crippen molar-refractivity contribution in [3.8, 4) is 0 Å². The summed E-state index contributed by atoms with van der Waals surface area (Å²) in [5, 5.41) is 3.94. The van der Waals surface area contributed by atoms with E-state index < -0.39 is 0 Å². The third kappa shape index (κ3) is 1.41. The molecule has 2 aromatic rings. The molecule has 0 spiro atoms. The monoisotopic (exact) mass is 191 g/mol. The summed E-state index contributed by atoms with van der Waals surface area (Å²) >= 11 is 0. The van der Waals surface area contributed by atoms with Gasteiger partial charge < -0.3 is 4.57 Å². The molecule has 6 heteroatoms. The van der Waals surface area contributed by atoms with Crippen LogP contribution in [0, 0.1) is 0 Å². The molecule has 0 bridgehead atoms. The first-order valence-corrected chi connectivity index (χ1v) is 4.10. The minimum absolute atomic E-state index is 0.396. The Morgan fingerprint density at radius 3 is 3.00 bits per heavy atom. The second-order valence-electron chi connectivity index (χ2n) is 2.83. The molecule has 0 atom stereocenters. The smallest absolute Gasteiger partial charge is 0.185 e. The van der Waals surface area contributed by atoms with E-state index in [1.54, 1.807) is 28.7 Å². The lowest BCUT2D eigenvalue weighted by molar-refractivity contribution is 0.111. The standard InChI is InChI=1S/C8H9N5O/c1-12-7(10-6-11-12)4-13-3-2-9-8(13)5-14/h2-3,5-6H,4H2,1H3. The molecule has 0 aromatic carbocycles. The van der Waals surface area contributed by atoms with Gasteiger partial charge in [-0.3, -0.25) is 9.48 Å². The molecule has 0 aliphatic heterocycles. The lowest BCUT2D eigenvalue weighted by Crippen LogP contribution is -2.08. The predicted molar refractivity (Wildman–Crippen MR) is 47.7 cm³/mol. The third-order valence-electron chi connectivity index (χ3n) is 1.97. The molecule has 0 aliphatic carbocycles. The minimum Gasteiger partial charge on any atom is -0.321 e. The summed E-state index contributed by atoms with van der Waals surface area (Å²) in [7, 11) is 1.81. The summed E-state index contributed by atoms with van der Waals surface area (Å²) in [5.74, 6) is 1.18. The summed E-state index contributed by atoms with van der Waals surface area (Å²) < 4.78 is 3.38. The highest BCUT2D eigenvalue weighted by atomic mass is 16.1. The highest BCUT2D eigenvalue weighted by Gasteiger charge is 2.05. The number of aldehydes is 1. The van der Waals surface area contributed by atoms with Crippen molar-refractivity contribution < 1.29 is 4.79 Å². The second-order valence-corrected chi connectivity index (χ2v) is 2.83. The van der Waals surface area contributed by atoms with Gasteiger partial charge in [0.1, 0.15) is 12.2 Å². The fraction of sp³-hybridized carbons (Fsp3) is 0.250. The second kappa shape index (κ2) is 3.41. The summed E-state index contributed by atoms with van der Waals surface area (Å²) in [5.41, 5.74) is 0. The van der Waals surface area contributed by atoms with Gasteiger partial charge in [-0.25, -0.2) is 9.97 Å². The first-order chi connectivity index (χ1) is 6.81. The van der Waals surface area contributed by atoms with Crippen molar-refractivity contribution in [2.75, 3.05) is 0 Å². The maximum absolute atomic E-state index is 10.6. The van der Waals surface area contributed by atoms with Crippen LogP contribution in [-0.4, -0.2) is 30.6 Å². The van der Waals surface area contributed by atoms with Crippen LogP contribution in [0.25, 0.3) is 0 Å². The summed E-state index contributed by atoms with van der Waals surface area (Å²) in [4.78, 5) is 18.5. The average Bonchev–Trinajstić information content (AvgIpc) is 2.77. The number of nitrogens with zero attached hydrogens (tertiary/aromatic N) is 5. The van der Waals surface area contributed by atoms with Gasteiger partial charge in [0, 0.05) is 19.4 Å². The Morgan fingerprint density at radius 1 is 1.50 bits per heavy atom. The Hall–Kier alpha value is -1.98. The first-order valence-electron chi connectivity index (χ1n) is 4.10. The van der Waals surface area contributed by atoms with Gasteiger partial charge in [0.2, 0.25) is 0 Å². The molecule has 0 saturated heterocycles. The van der Waals surface area contributed by atoms with Crippen LogP contribution in [0.15, 0.2) is 18.7 Å². The van der Waals surface area contributed by atoms with Crippen molar-refractivity contribution in [3.63, 3.8) is 0 Å². The Balaban J connectivity index is 2.27. The van der Waals surface area contributed by atoms with Crippen LogP contribution in [0.2, 0.25) is 0 Å². The van der Waals surface area contributed by atoms with E-state index in [9.17, 15) is 4.79 Å². The molecule has 14 heavy (non-hydrogen) atoms. The predicted octanol–water partition coefficient (Wildman–Crippen LogP) is -0.128. The van der Waals surface area contributed by atoms with Crippen molar-refractivity contribution in [1.29, 1.82) is 0 Å². The van der Waals surface area contributed by atoms with Crippen molar-refractivity contribution >= 4 is 6.29 Å². The fourth-order valence-corrected chi connectivity index (χ4v) is 1.19. The SMILES string of the molecule is Cn1ncnc1Cn1ccnc1C=O. The summed E-state index contributed by atoms with van der Waals surface area (Å²) in [6.45, 7) is 0.505. The molecule has 72 valence electrons. The Labute approximate surface area is 80.2 Å². The van der Waals surface area contributed by atoms with Gasteiger partial charge in [-0.2, -0.15) is 5.10 Å². The maximum atomic E-state index is 10.6. The van der Waals surface area contributed by atoms with Crippen molar-refractivity contribution in [1.82, 2.24) is 24.3 Å². The van der Waals surface area contributed by atoms with Gasteiger partial charge in [-0.1, -0.05) is 0 Å². The molecule has 0 radical (unpaired) electrons. The van der Waals surface area contributed by atoms with E-state index >= 15 is 0 Å². The molecule has 0 N–H and O–H groups in total. The van der Waals surface area contributed by atoms with Gasteiger partial charge in [0.15, 0.2) is 12.1 Å². The van der Waals surface area contributed by atoms with E-state index in [-0.39, 0.29) is 0 Å². The van der Waals surface area contributed by atoms with E-state index in [0.29, 0.717) is 12.4 Å². The van der Waals surface area contributed by atoms with Gasteiger partial charge in [-0.15, -0.1) is 0 Å². The van der Waals surface area contributed by atoms with E-state index in [0.717, 1.165) is 12.1 Å². The van der Waals surface area contributed by atoms with Gasteiger partial charge in [0.05, 0.1) is 6.54 Å². The van der Waals surface area contributed by atoms with Crippen LogP contribution in [0.4, 0.5) is 0 Å². The van der Waals surface area contributed by atoms with E-state index in [1.165, 1.54) is 6.33 Å². The van der Waals surface area contributed by atoms with Crippen molar-refractivity contribution in [2.24, 2.45) is 7.05 Å². The number of carbonyl (C=O) groups is 1. The zero-order valence-electron chi connectivity index (χ0n) is 7.66. The lowest BCUT2D eigenvalue weighted by atomic mass is 10.5. The highest BCUT2D eigenvalue weighted by molar-refractivity contribution is 5.69. The van der Waals surface area contributed by atoms with E-state index in [4.69, 9.17) is 0 Å². The number of hydrogen-bond donors (Lipinski definition) is 0. The molecule has 0 fully saturated rings. The number of hydrogen-bond acceptors (Lipinski definition) is 4. The van der Waals surface area contributed by atoms with Crippen LogP contribution >= 0.6 is 0 Å². The van der Waals surface area contributed by atoms with Crippen LogP contribution in [-0.2, 0) is 13.6 Å². The van der Waals surface area contributed by atoms with Gasteiger partial charge >= 0.3 is 0 Å². The fourth-order valence-electron chi connectivity index (χ4n) is 1.19. The molecule has 2 heterocycles. The quantitative estimate of drug-likeness (QED) is 0.634. The first kappa shape index (κ1) is 8.61. The maximum Gasteiger partial charge on any atom is 0.185 e. The largest absolute Gasteiger partial charge is 0.321 e.